The normalized spacial score (nSPS) is 31.4. The van der Waals surface area contributed by atoms with Crippen LogP contribution in [0, 0.1) is 23.2 Å². The number of carbonyl (C=O) groups is 1. The van der Waals surface area contributed by atoms with Crippen molar-refractivity contribution >= 4 is 5.97 Å². The second-order valence-electron chi connectivity index (χ2n) is 10.8. The summed E-state index contributed by atoms with van der Waals surface area (Å²) in [6.45, 7) is 3.51. The zero-order valence-corrected chi connectivity index (χ0v) is 20.1. The molecule has 1 unspecified atom stereocenters. The molecule has 6 rings (SSSR count). The quantitative estimate of drug-likeness (QED) is 0.381. The van der Waals surface area contributed by atoms with Gasteiger partial charge in [-0.3, -0.25) is 4.90 Å². The third kappa shape index (κ3) is 5.32. The Kier molecular flexibility index (Phi) is 7.03. The molecular weight excluding hydrogens is 463 g/mol. The van der Waals surface area contributed by atoms with Crippen LogP contribution in [-0.2, 0) is 20.4 Å². The van der Waals surface area contributed by atoms with Gasteiger partial charge in [-0.05, 0) is 74.5 Å². The van der Waals surface area contributed by atoms with Gasteiger partial charge < -0.3 is 18.9 Å². The molecule has 0 N–H and O–H groups in total. The van der Waals surface area contributed by atoms with Crippen molar-refractivity contribution < 1.29 is 36.9 Å². The van der Waals surface area contributed by atoms with Gasteiger partial charge in [0.1, 0.15) is 12.4 Å². The first-order valence-corrected chi connectivity index (χ1v) is 12.6. The van der Waals surface area contributed by atoms with E-state index in [0.29, 0.717) is 37.5 Å². The topological polar surface area (TPSA) is 57.2 Å². The van der Waals surface area contributed by atoms with Gasteiger partial charge in [-0.1, -0.05) is 0 Å². The summed E-state index contributed by atoms with van der Waals surface area (Å²) in [4.78, 5) is 14.8. The smallest absolute Gasteiger partial charge is 0.419 e. The lowest BCUT2D eigenvalue weighted by Crippen LogP contribution is -2.54. The molecule has 4 aliphatic carbocycles. The number of benzene rings is 1. The number of esters is 1. The number of methoxy groups -OCH3 is 1. The Balaban J connectivity index is 1.32. The largest absolute Gasteiger partial charge is 0.464 e. The van der Waals surface area contributed by atoms with Gasteiger partial charge >= 0.3 is 12.1 Å². The molecule has 1 heterocycles. The number of carbonyl (C=O) groups excluding carboxylic acids is 1. The van der Waals surface area contributed by atoms with Gasteiger partial charge in [0.05, 0.1) is 24.3 Å². The SMILES string of the molecule is COC(Oc1cc(C(=O)OCCN2CCOCC2)ccc1C(F)(F)F)C12CC3CC(CC(C3)C1)C2. The molecule has 5 aliphatic rings. The molecule has 1 aromatic rings. The average molecular weight is 498 g/mol. The molecule has 1 aromatic carbocycles. The number of halogens is 3. The van der Waals surface area contributed by atoms with Gasteiger partial charge in [0.15, 0.2) is 0 Å². The van der Waals surface area contributed by atoms with Crippen molar-refractivity contribution in [2.24, 2.45) is 23.2 Å². The first-order valence-electron chi connectivity index (χ1n) is 12.6. The number of hydrogen-bond donors (Lipinski definition) is 0. The zero-order valence-electron chi connectivity index (χ0n) is 20.1. The maximum Gasteiger partial charge on any atom is 0.419 e. The molecule has 0 spiro atoms. The summed E-state index contributed by atoms with van der Waals surface area (Å²) in [6, 6.07) is 3.21. The minimum atomic E-state index is -4.62. The first-order chi connectivity index (χ1) is 16.8. The summed E-state index contributed by atoms with van der Waals surface area (Å²) in [7, 11) is 1.50. The van der Waals surface area contributed by atoms with Crippen molar-refractivity contribution in [2.75, 3.05) is 46.6 Å². The summed E-state index contributed by atoms with van der Waals surface area (Å²) >= 11 is 0. The Morgan fingerprint density at radius 2 is 1.74 bits per heavy atom. The van der Waals surface area contributed by atoms with Crippen LogP contribution in [0.15, 0.2) is 18.2 Å². The van der Waals surface area contributed by atoms with Crippen molar-refractivity contribution in [1.82, 2.24) is 4.90 Å². The van der Waals surface area contributed by atoms with Crippen LogP contribution in [0.5, 0.6) is 5.75 Å². The van der Waals surface area contributed by atoms with Crippen LogP contribution in [0.1, 0.15) is 54.4 Å². The van der Waals surface area contributed by atoms with Crippen molar-refractivity contribution in [3.8, 4) is 5.75 Å². The van der Waals surface area contributed by atoms with E-state index in [4.69, 9.17) is 18.9 Å². The molecule has 6 nitrogen and oxygen atoms in total. The van der Waals surface area contributed by atoms with E-state index in [1.807, 2.05) is 0 Å². The van der Waals surface area contributed by atoms with E-state index in [0.717, 1.165) is 50.6 Å². The van der Waals surface area contributed by atoms with Crippen LogP contribution in [-0.4, -0.2) is 63.7 Å². The third-order valence-electron chi connectivity index (χ3n) is 8.30. The van der Waals surface area contributed by atoms with E-state index in [1.54, 1.807) is 0 Å². The Labute approximate surface area is 204 Å². The maximum absolute atomic E-state index is 13.9. The lowest BCUT2D eigenvalue weighted by molar-refractivity contribution is -0.206. The van der Waals surface area contributed by atoms with Gasteiger partial charge in [0, 0.05) is 32.2 Å². The summed E-state index contributed by atoms with van der Waals surface area (Å²) in [5.41, 5.74) is -1.15. The Bertz CT molecular complexity index is 879. The van der Waals surface area contributed by atoms with E-state index >= 15 is 0 Å². The van der Waals surface area contributed by atoms with E-state index in [1.165, 1.54) is 26.4 Å². The third-order valence-corrected chi connectivity index (χ3v) is 8.30. The van der Waals surface area contributed by atoms with Crippen LogP contribution in [0.25, 0.3) is 0 Å². The number of hydrogen-bond acceptors (Lipinski definition) is 6. The summed E-state index contributed by atoms with van der Waals surface area (Å²) in [6.07, 6.45) is 0.963. The molecule has 35 heavy (non-hydrogen) atoms. The summed E-state index contributed by atoms with van der Waals surface area (Å²) in [5, 5.41) is 0. The molecule has 0 radical (unpaired) electrons. The van der Waals surface area contributed by atoms with Crippen molar-refractivity contribution in [1.29, 1.82) is 0 Å². The summed E-state index contributed by atoms with van der Waals surface area (Å²) in [5.74, 6) is 0.746. The highest BCUT2D eigenvalue weighted by atomic mass is 19.4. The number of morpholine rings is 1. The fourth-order valence-corrected chi connectivity index (χ4v) is 7.16. The number of nitrogens with zero attached hydrogens (tertiary/aromatic N) is 1. The Hall–Kier alpha value is -1.84. The minimum Gasteiger partial charge on any atom is -0.464 e. The van der Waals surface area contributed by atoms with E-state index in [2.05, 4.69) is 4.90 Å². The highest BCUT2D eigenvalue weighted by Crippen LogP contribution is 2.62. The number of ether oxygens (including phenoxy) is 4. The molecular formula is C26H34F3NO5. The maximum atomic E-state index is 13.9. The molecule has 1 saturated heterocycles. The van der Waals surface area contributed by atoms with Gasteiger partial charge in [-0.2, -0.15) is 13.2 Å². The standard InChI is InChI=1S/C26H34F3NO5/c1-32-24(25-14-17-10-18(15-25)12-19(11-17)16-25)35-22-13-20(2-3-21(22)26(27,28)29)23(31)34-9-6-30-4-7-33-8-5-30/h2-3,13,17-19,24H,4-12,14-16H2,1H3. The van der Waals surface area contributed by atoms with E-state index < -0.39 is 24.0 Å². The predicted octanol–water partition coefficient (Wildman–Crippen LogP) is 4.76. The van der Waals surface area contributed by atoms with E-state index in [-0.39, 0.29) is 23.3 Å². The lowest BCUT2D eigenvalue weighted by Gasteiger charge is -2.58. The van der Waals surface area contributed by atoms with Gasteiger partial charge in [0.25, 0.3) is 0 Å². The molecule has 5 fully saturated rings. The molecule has 9 heteroatoms. The van der Waals surface area contributed by atoms with Crippen LogP contribution in [0.2, 0.25) is 0 Å². The second kappa shape index (κ2) is 9.90. The van der Waals surface area contributed by atoms with Gasteiger partial charge in [-0.25, -0.2) is 4.79 Å². The first kappa shape index (κ1) is 24.8. The Morgan fingerprint density at radius 1 is 1.11 bits per heavy atom. The van der Waals surface area contributed by atoms with Crippen LogP contribution < -0.4 is 4.74 Å². The monoisotopic (exact) mass is 497 g/mol. The zero-order chi connectivity index (χ0) is 24.6. The average Bonchev–Trinajstić information content (AvgIpc) is 2.81. The molecule has 1 aliphatic heterocycles. The van der Waals surface area contributed by atoms with Crippen LogP contribution in [0.3, 0.4) is 0 Å². The molecule has 0 amide bonds. The Morgan fingerprint density at radius 3 is 2.31 bits per heavy atom. The molecule has 1 atom stereocenters. The molecule has 4 saturated carbocycles. The van der Waals surface area contributed by atoms with Crippen molar-refractivity contribution in [3.63, 3.8) is 0 Å². The minimum absolute atomic E-state index is 0.0374. The highest BCUT2D eigenvalue weighted by Gasteiger charge is 2.56. The second-order valence-corrected chi connectivity index (χ2v) is 10.8. The molecule has 0 aromatic heterocycles. The number of alkyl halides is 3. The van der Waals surface area contributed by atoms with E-state index in [9.17, 15) is 18.0 Å². The van der Waals surface area contributed by atoms with Gasteiger partial charge in [-0.15, -0.1) is 0 Å². The van der Waals surface area contributed by atoms with Crippen LogP contribution in [0.4, 0.5) is 13.2 Å². The van der Waals surface area contributed by atoms with Crippen molar-refractivity contribution in [3.05, 3.63) is 29.3 Å². The van der Waals surface area contributed by atoms with Gasteiger partial charge in [0.2, 0.25) is 6.29 Å². The molecule has 4 bridgehead atoms. The number of rotatable bonds is 8. The highest BCUT2D eigenvalue weighted by molar-refractivity contribution is 5.90. The summed E-state index contributed by atoms with van der Waals surface area (Å²) < 4.78 is 64.0. The fraction of sp³-hybridized carbons (Fsp3) is 0.731. The lowest BCUT2D eigenvalue weighted by atomic mass is 9.49. The fourth-order valence-electron chi connectivity index (χ4n) is 7.16. The van der Waals surface area contributed by atoms with Crippen molar-refractivity contribution in [2.45, 2.75) is 51.0 Å². The van der Waals surface area contributed by atoms with Crippen LogP contribution >= 0.6 is 0 Å². The predicted molar refractivity (Wildman–Crippen MR) is 121 cm³/mol. The molecule has 194 valence electrons.